The minimum atomic E-state index is -4.43. The summed E-state index contributed by atoms with van der Waals surface area (Å²) in [6.45, 7) is 1.40. The monoisotopic (exact) mass is 438 g/mol. The molecule has 1 rings (SSSR count). The van der Waals surface area contributed by atoms with Crippen LogP contribution in [0.15, 0.2) is 23.1 Å². The summed E-state index contributed by atoms with van der Waals surface area (Å²) in [6, 6.07) is 3.22. The van der Waals surface area contributed by atoms with Gasteiger partial charge in [0, 0.05) is 0 Å². The second-order valence-corrected chi connectivity index (χ2v) is 9.08. The number of carboxylic acids is 1. The summed E-state index contributed by atoms with van der Waals surface area (Å²) in [5.41, 5.74) is -0.468. The Labute approximate surface area is 170 Å². The van der Waals surface area contributed by atoms with Crippen LogP contribution in [0.1, 0.15) is 75.1 Å². The van der Waals surface area contributed by atoms with Gasteiger partial charge in [0.2, 0.25) is 0 Å². The van der Waals surface area contributed by atoms with E-state index < -0.39 is 40.6 Å². The molecule has 0 aliphatic carbocycles. The van der Waals surface area contributed by atoms with Crippen LogP contribution in [0.3, 0.4) is 0 Å². The number of unbranched alkanes of at least 4 members (excludes halogenated alkanes) is 7. The first-order chi connectivity index (χ1) is 13.6. The van der Waals surface area contributed by atoms with Gasteiger partial charge in [0.15, 0.2) is 9.84 Å². The molecule has 0 atom stereocenters. The summed E-state index contributed by atoms with van der Waals surface area (Å²) < 4.78 is 66.4. The normalized spacial score (nSPS) is 12.1. The average Bonchev–Trinajstić information content (AvgIpc) is 2.62. The number of benzene rings is 1. The molecule has 0 spiro atoms. The lowest BCUT2D eigenvalue weighted by molar-refractivity contribution is -0.139. The van der Waals surface area contributed by atoms with Crippen LogP contribution in [0.4, 0.5) is 13.2 Å². The molecule has 0 aliphatic rings. The van der Waals surface area contributed by atoms with Gasteiger partial charge in [-0.25, -0.2) is 13.2 Å². The highest BCUT2D eigenvalue weighted by Crippen LogP contribution is 2.26. The van der Waals surface area contributed by atoms with Crippen molar-refractivity contribution < 1.29 is 36.2 Å². The van der Waals surface area contributed by atoms with E-state index in [0.717, 1.165) is 37.8 Å². The van der Waals surface area contributed by atoms with E-state index >= 15 is 0 Å². The van der Waals surface area contributed by atoms with Gasteiger partial charge in [-0.15, -0.1) is 0 Å². The van der Waals surface area contributed by atoms with Crippen LogP contribution < -0.4 is 4.74 Å². The molecule has 0 heterocycles. The Morgan fingerprint density at radius 2 is 1.62 bits per heavy atom. The van der Waals surface area contributed by atoms with E-state index in [4.69, 9.17) is 4.74 Å². The molecule has 0 aromatic heterocycles. The molecule has 0 saturated heterocycles. The van der Waals surface area contributed by atoms with E-state index in [0.29, 0.717) is 6.42 Å². The largest absolute Gasteiger partial charge is 0.492 e. The minimum absolute atomic E-state index is 0.102. The van der Waals surface area contributed by atoms with Gasteiger partial charge in [0.25, 0.3) is 0 Å². The van der Waals surface area contributed by atoms with Crippen molar-refractivity contribution in [2.24, 2.45) is 0 Å². The number of halogens is 3. The Morgan fingerprint density at radius 1 is 1.03 bits per heavy atom. The van der Waals surface area contributed by atoms with E-state index in [2.05, 4.69) is 6.92 Å². The molecule has 1 aromatic carbocycles. The standard InChI is InChI=1S/C20H29F3O5S/c1-2-3-4-5-6-7-8-9-14-29(26,27)16-10-11-18(17(15-16)19(24)25)28-13-12-20(21,22)23/h10-11,15H,2-9,12-14H2,1H3,(H,24,25). The Kier molecular flexibility index (Phi) is 10.5. The molecule has 0 aliphatic heterocycles. The van der Waals surface area contributed by atoms with E-state index in [9.17, 15) is 31.5 Å². The second-order valence-electron chi connectivity index (χ2n) is 6.97. The van der Waals surface area contributed by atoms with Gasteiger partial charge in [0.05, 0.1) is 23.7 Å². The minimum Gasteiger partial charge on any atom is -0.492 e. The van der Waals surface area contributed by atoms with Gasteiger partial charge in [-0.2, -0.15) is 13.2 Å². The molecule has 29 heavy (non-hydrogen) atoms. The first kappa shape index (κ1) is 25.3. The van der Waals surface area contributed by atoms with Crippen LogP contribution in [0.2, 0.25) is 0 Å². The van der Waals surface area contributed by atoms with Gasteiger partial charge in [-0.3, -0.25) is 0 Å². The van der Waals surface area contributed by atoms with Crippen LogP contribution in [-0.4, -0.2) is 38.0 Å². The lowest BCUT2D eigenvalue weighted by Crippen LogP contribution is -2.15. The molecular weight excluding hydrogens is 409 g/mol. The van der Waals surface area contributed by atoms with Gasteiger partial charge in [-0.1, -0.05) is 51.9 Å². The summed E-state index contributed by atoms with van der Waals surface area (Å²) in [4.78, 5) is 11.2. The van der Waals surface area contributed by atoms with Crippen molar-refractivity contribution >= 4 is 15.8 Å². The fraction of sp³-hybridized carbons (Fsp3) is 0.650. The maximum atomic E-state index is 12.5. The third-order valence-electron chi connectivity index (χ3n) is 4.45. The molecule has 0 amide bonds. The number of hydrogen-bond donors (Lipinski definition) is 1. The van der Waals surface area contributed by atoms with Gasteiger partial charge < -0.3 is 9.84 Å². The molecule has 9 heteroatoms. The zero-order valence-electron chi connectivity index (χ0n) is 16.6. The lowest BCUT2D eigenvalue weighted by Gasteiger charge is -2.12. The first-order valence-corrected chi connectivity index (χ1v) is 11.5. The number of carboxylic acid groups (broad SMARTS) is 1. The van der Waals surface area contributed by atoms with Crippen molar-refractivity contribution in [2.75, 3.05) is 12.4 Å². The second kappa shape index (κ2) is 12.0. The van der Waals surface area contributed by atoms with E-state index in [1.807, 2.05) is 0 Å². The fourth-order valence-electron chi connectivity index (χ4n) is 2.82. The topological polar surface area (TPSA) is 80.7 Å². The quantitative estimate of drug-likeness (QED) is 0.381. The molecule has 5 nitrogen and oxygen atoms in total. The fourth-order valence-corrected chi connectivity index (χ4v) is 4.21. The van der Waals surface area contributed by atoms with E-state index in [-0.39, 0.29) is 16.4 Å². The number of aromatic carboxylic acids is 1. The number of sulfone groups is 1. The molecule has 0 fully saturated rings. The molecule has 166 valence electrons. The average molecular weight is 439 g/mol. The predicted molar refractivity (Wildman–Crippen MR) is 104 cm³/mol. The molecule has 0 saturated carbocycles. The highest BCUT2D eigenvalue weighted by atomic mass is 32.2. The van der Waals surface area contributed by atoms with Crippen molar-refractivity contribution in [3.63, 3.8) is 0 Å². The SMILES string of the molecule is CCCCCCCCCCS(=O)(=O)c1ccc(OCCC(F)(F)F)c(C(=O)O)c1. The van der Waals surface area contributed by atoms with Crippen LogP contribution in [0, 0.1) is 0 Å². The Hall–Kier alpha value is -1.77. The van der Waals surface area contributed by atoms with E-state index in [1.165, 1.54) is 25.3 Å². The van der Waals surface area contributed by atoms with Crippen molar-refractivity contribution in [3.8, 4) is 5.75 Å². The first-order valence-electron chi connectivity index (χ1n) is 9.86. The van der Waals surface area contributed by atoms with Crippen LogP contribution in [0.25, 0.3) is 0 Å². The maximum absolute atomic E-state index is 12.5. The molecule has 1 aromatic rings. The van der Waals surface area contributed by atoms with E-state index in [1.54, 1.807) is 0 Å². The molecule has 0 unspecified atom stereocenters. The smallest absolute Gasteiger partial charge is 0.392 e. The Bertz CT molecular complexity index is 745. The maximum Gasteiger partial charge on any atom is 0.392 e. The summed E-state index contributed by atoms with van der Waals surface area (Å²) >= 11 is 0. The van der Waals surface area contributed by atoms with Crippen LogP contribution >= 0.6 is 0 Å². The summed E-state index contributed by atoms with van der Waals surface area (Å²) in [5.74, 6) is -1.85. The summed E-state index contributed by atoms with van der Waals surface area (Å²) in [7, 11) is -3.68. The lowest BCUT2D eigenvalue weighted by atomic mass is 10.1. The Morgan fingerprint density at radius 3 is 2.17 bits per heavy atom. The van der Waals surface area contributed by atoms with Crippen molar-refractivity contribution in [1.82, 2.24) is 0 Å². The number of carbonyl (C=O) groups is 1. The van der Waals surface area contributed by atoms with Crippen LogP contribution in [-0.2, 0) is 9.84 Å². The number of rotatable bonds is 14. The number of alkyl halides is 3. The predicted octanol–water partition coefficient (Wildman–Crippen LogP) is 5.63. The van der Waals surface area contributed by atoms with Gasteiger partial charge >= 0.3 is 12.1 Å². The zero-order chi connectivity index (χ0) is 21.9. The zero-order valence-corrected chi connectivity index (χ0v) is 17.4. The molecule has 1 N–H and O–H groups in total. The Balaban J connectivity index is 2.64. The van der Waals surface area contributed by atoms with Gasteiger partial charge in [-0.05, 0) is 24.6 Å². The number of hydrogen-bond acceptors (Lipinski definition) is 4. The van der Waals surface area contributed by atoms with Gasteiger partial charge in [0.1, 0.15) is 11.3 Å². The van der Waals surface area contributed by atoms with Crippen LogP contribution in [0.5, 0.6) is 5.75 Å². The van der Waals surface area contributed by atoms with Crippen molar-refractivity contribution in [2.45, 2.75) is 75.8 Å². The number of ether oxygens (including phenoxy) is 1. The third kappa shape index (κ3) is 10.0. The molecule has 0 radical (unpaired) electrons. The summed E-state index contributed by atoms with van der Waals surface area (Å²) in [6.07, 6.45) is 2.30. The highest BCUT2D eigenvalue weighted by molar-refractivity contribution is 7.91. The third-order valence-corrected chi connectivity index (χ3v) is 6.25. The van der Waals surface area contributed by atoms with Crippen molar-refractivity contribution in [1.29, 1.82) is 0 Å². The molecular formula is C20H29F3O5S. The van der Waals surface area contributed by atoms with Crippen molar-refractivity contribution in [3.05, 3.63) is 23.8 Å². The highest BCUT2D eigenvalue weighted by Gasteiger charge is 2.27. The molecule has 0 bridgehead atoms. The summed E-state index contributed by atoms with van der Waals surface area (Å²) in [5, 5.41) is 9.25.